The first-order chi connectivity index (χ1) is 39.5. The van der Waals surface area contributed by atoms with Crippen molar-refractivity contribution >= 4 is 57.5 Å². The molecule has 0 saturated carbocycles. The van der Waals surface area contributed by atoms with E-state index in [4.69, 9.17) is 41.7 Å². The van der Waals surface area contributed by atoms with Crippen LogP contribution in [0.25, 0.3) is 0 Å². The Bertz CT molecular complexity index is 2880. The fraction of sp³-hybridized carbons (Fsp3) is 0.577. The Hall–Kier alpha value is -3.26. The largest absolute Gasteiger partial charge is 0.411 e. The SMILES string of the molecule is CCS[C@@]12CC[C@]3(C)O[C@]4(C)C[C@H](O[Si](C)(C)C(C)(C)C)[C@@H](CO[Si](c5ccccc5)(c5ccccc5)C(C)(C)C)O[C@H]4C[C@H]3O[C@H]1C[C@@]1(C)O[C@@](C)(CO[Si](c3ccccc3)(c3ccccc3)C(C)(C)C)[C@H](OCc3ccccc3)C[C@@H]1O2. The van der Waals surface area contributed by atoms with Crippen LogP contribution in [0, 0.1) is 0 Å². The Balaban J connectivity index is 0.975. The lowest BCUT2D eigenvalue weighted by Crippen LogP contribution is -2.72. The predicted molar refractivity (Wildman–Crippen MR) is 351 cm³/mol. The standard InChI is InChI=1S/C71H100O9SSi3/c1-17-81-71-44-43-67(11)60(46-61-68(12,79-67)47-57(78-82(15,16)64(2,3)4)58(75-61)50-73-83(65(5,6)7,53-35-25-19-26-36-53)54-37-27-20-28-38-54)76-63(71)48-69(13)62(77-71)45-59(72-49-52-33-23-18-24-34-52)70(14,80-69)51-74-84(66(8,9)10,55-39-29-21-30-40-55)56-41-31-22-32-42-56/h18-42,57-63H,17,43-51H2,1-16H3/t57-,58+,59+,60+,61-,62-,63-,67-,68+,69+,70-,71-/m0/s1. The van der Waals surface area contributed by atoms with E-state index in [-0.39, 0.29) is 57.8 Å². The van der Waals surface area contributed by atoms with E-state index < -0.39 is 52.3 Å². The van der Waals surface area contributed by atoms with Crippen LogP contribution in [0.5, 0.6) is 0 Å². The summed E-state index contributed by atoms with van der Waals surface area (Å²) in [5, 5.41) is 4.51. The van der Waals surface area contributed by atoms with Gasteiger partial charge in [-0.25, -0.2) is 0 Å². The predicted octanol–water partition coefficient (Wildman–Crippen LogP) is 13.9. The van der Waals surface area contributed by atoms with Crippen LogP contribution >= 0.6 is 11.8 Å². The van der Waals surface area contributed by atoms with Gasteiger partial charge in [-0.1, -0.05) is 221 Å². The van der Waals surface area contributed by atoms with Crippen molar-refractivity contribution in [3.05, 3.63) is 157 Å². The molecule has 5 heterocycles. The zero-order chi connectivity index (χ0) is 60.2. The summed E-state index contributed by atoms with van der Waals surface area (Å²) in [5.41, 5.74) is -1.79. The van der Waals surface area contributed by atoms with Crippen LogP contribution in [-0.2, 0) is 48.3 Å². The quantitative estimate of drug-likeness (QED) is 0.0840. The number of benzene rings is 5. The van der Waals surface area contributed by atoms with Crippen molar-refractivity contribution in [2.75, 3.05) is 19.0 Å². The second-order valence-electron chi connectivity index (χ2n) is 29.6. The minimum absolute atomic E-state index is 0.0194. The molecular formula is C71H100O9SSi3. The van der Waals surface area contributed by atoms with E-state index in [0.717, 1.165) is 24.2 Å². The molecule has 5 fully saturated rings. The fourth-order valence-corrected chi connectivity index (χ4v) is 26.7. The number of hydrogen-bond acceptors (Lipinski definition) is 10. The van der Waals surface area contributed by atoms with Gasteiger partial charge in [0.15, 0.2) is 8.32 Å². The average molecular weight is 1210 g/mol. The maximum atomic E-state index is 7.83. The van der Waals surface area contributed by atoms with Crippen molar-refractivity contribution in [2.24, 2.45) is 0 Å². The van der Waals surface area contributed by atoms with Crippen LogP contribution in [0.4, 0.5) is 0 Å². The van der Waals surface area contributed by atoms with Gasteiger partial charge in [0, 0.05) is 25.7 Å². The van der Waals surface area contributed by atoms with Crippen LogP contribution in [0.15, 0.2) is 152 Å². The van der Waals surface area contributed by atoms with E-state index in [2.05, 4.69) is 262 Å². The third kappa shape index (κ3) is 12.0. The molecule has 5 aromatic carbocycles. The maximum absolute atomic E-state index is 7.83. The first-order valence-corrected chi connectivity index (χ1v) is 39.1. The number of thioether (sulfide) groups is 1. The van der Waals surface area contributed by atoms with Crippen molar-refractivity contribution in [3.63, 3.8) is 0 Å². The molecule has 13 heteroatoms. The summed E-state index contributed by atoms with van der Waals surface area (Å²) >= 11 is 1.88. The Kier molecular flexibility index (Phi) is 18.2. The van der Waals surface area contributed by atoms with E-state index in [0.29, 0.717) is 45.5 Å². The lowest BCUT2D eigenvalue weighted by Gasteiger charge is -2.60. The van der Waals surface area contributed by atoms with Crippen molar-refractivity contribution in [1.29, 1.82) is 0 Å². The van der Waals surface area contributed by atoms with Crippen molar-refractivity contribution in [3.8, 4) is 0 Å². The molecule has 5 aliphatic rings. The van der Waals surface area contributed by atoms with Crippen LogP contribution < -0.4 is 20.7 Å². The van der Waals surface area contributed by atoms with Gasteiger partial charge in [0.05, 0.1) is 73.2 Å². The van der Waals surface area contributed by atoms with E-state index >= 15 is 0 Å². The molecular weight excluding hydrogens is 1110 g/mol. The second-order valence-corrected chi connectivity index (χ2v) is 44.5. The molecule has 5 aromatic rings. The molecule has 0 bridgehead atoms. The average Bonchev–Trinajstić information content (AvgIpc) is 2.58. The van der Waals surface area contributed by atoms with Gasteiger partial charge in [-0.2, -0.15) is 0 Å². The van der Waals surface area contributed by atoms with E-state index in [1.165, 1.54) is 20.7 Å². The first kappa shape index (κ1) is 63.7. The highest BCUT2D eigenvalue weighted by Crippen LogP contribution is 2.58. The molecule has 0 N–H and O–H groups in total. The minimum atomic E-state index is -2.99. The molecule has 0 amide bonds. The van der Waals surface area contributed by atoms with Gasteiger partial charge in [-0.15, -0.1) is 11.8 Å². The van der Waals surface area contributed by atoms with Crippen molar-refractivity contribution in [2.45, 2.75) is 240 Å². The summed E-state index contributed by atoms with van der Waals surface area (Å²) in [5.74, 6) is 0.868. The smallest absolute Gasteiger partial charge is 0.261 e. The molecule has 12 atom stereocenters. The third-order valence-electron chi connectivity index (χ3n) is 20.4. The van der Waals surface area contributed by atoms with Gasteiger partial charge in [-0.3, -0.25) is 0 Å². The molecule has 9 nitrogen and oxygen atoms in total. The summed E-state index contributed by atoms with van der Waals surface area (Å²) in [6.07, 6.45) is 2.06. The van der Waals surface area contributed by atoms with Crippen LogP contribution in [-0.4, -0.2) is 114 Å². The van der Waals surface area contributed by atoms with Gasteiger partial charge in [-0.05, 0) is 101 Å². The highest BCUT2D eigenvalue weighted by atomic mass is 32.2. The zero-order valence-corrected chi connectivity index (χ0v) is 57.4. The minimum Gasteiger partial charge on any atom is -0.411 e. The maximum Gasteiger partial charge on any atom is 0.261 e. The number of ether oxygens (including phenoxy) is 6. The fourth-order valence-electron chi connectivity index (χ4n) is 14.9. The van der Waals surface area contributed by atoms with Crippen molar-refractivity contribution < 1.29 is 41.7 Å². The van der Waals surface area contributed by atoms with Gasteiger partial charge >= 0.3 is 0 Å². The Morgan fingerprint density at radius 3 is 1.49 bits per heavy atom. The number of hydrogen-bond donors (Lipinski definition) is 0. The monoisotopic (exact) mass is 1210 g/mol. The molecule has 5 saturated heterocycles. The summed E-state index contributed by atoms with van der Waals surface area (Å²) in [7, 11) is -8.25. The summed E-state index contributed by atoms with van der Waals surface area (Å²) in [4.78, 5) is -0.651. The van der Waals surface area contributed by atoms with E-state index in [1.807, 2.05) is 11.8 Å². The summed E-state index contributed by atoms with van der Waals surface area (Å²) in [6, 6.07) is 54.2. The molecule has 84 heavy (non-hydrogen) atoms. The van der Waals surface area contributed by atoms with Crippen LogP contribution in [0.2, 0.25) is 28.2 Å². The molecule has 0 radical (unpaired) electrons. The van der Waals surface area contributed by atoms with Crippen molar-refractivity contribution in [1.82, 2.24) is 0 Å². The zero-order valence-electron chi connectivity index (χ0n) is 53.6. The Labute approximate surface area is 512 Å². The van der Waals surface area contributed by atoms with E-state index in [1.54, 1.807) is 0 Å². The molecule has 0 spiro atoms. The molecule has 0 aromatic heterocycles. The normalized spacial score (nSPS) is 32.3. The number of rotatable bonds is 17. The highest BCUT2D eigenvalue weighted by molar-refractivity contribution is 8.00. The summed E-state index contributed by atoms with van der Waals surface area (Å²) < 4.78 is 69.1. The Morgan fingerprint density at radius 2 is 1.00 bits per heavy atom. The number of fused-ring (bicyclic) bond motifs is 4. The lowest BCUT2D eigenvalue weighted by molar-refractivity contribution is -0.345. The molecule has 0 unspecified atom stereocenters. The first-order valence-electron chi connectivity index (χ1n) is 31.4. The Morgan fingerprint density at radius 1 is 0.524 bits per heavy atom. The lowest BCUT2D eigenvalue weighted by atomic mass is 9.75. The molecule has 0 aliphatic carbocycles. The van der Waals surface area contributed by atoms with Gasteiger partial charge in [0.25, 0.3) is 16.6 Å². The second kappa shape index (κ2) is 23.9. The molecule has 456 valence electrons. The van der Waals surface area contributed by atoms with E-state index in [9.17, 15) is 0 Å². The van der Waals surface area contributed by atoms with Gasteiger partial charge in [0.2, 0.25) is 0 Å². The van der Waals surface area contributed by atoms with Gasteiger partial charge < -0.3 is 41.7 Å². The molecule has 10 rings (SSSR count). The summed E-state index contributed by atoms with van der Waals surface area (Å²) in [6.45, 7) is 38.2. The molecule has 5 aliphatic heterocycles. The van der Waals surface area contributed by atoms with Gasteiger partial charge in [0.1, 0.15) is 16.6 Å². The third-order valence-corrected chi connectivity index (χ3v) is 36.2. The topological polar surface area (TPSA) is 83.1 Å². The van der Waals surface area contributed by atoms with Crippen LogP contribution in [0.3, 0.4) is 0 Å². The van der Waals surface area contributed by atoms with Crippen LogP contribution in [0.1, 0.15) is 141 Å². The highest BCUT2D eigenvalue weighted by Gasteiger charge is 2.67.